The van der Waals surface area contributed by atoms with E-state index in [0.717, 1.165) is 16.7 Å². The molecular weight excluding hydrogens is 402 g/mol. The second-order valence-electron chi connectivity index (χ2n) is 7.91. The normalized spacial score (nSPS) is 12.6. The zero-order valence-corrected chi connectivity index (χ0v) is 18.4. The maximum Gasteiger partial charge on any atom is 0.270 e. The van der Waals surface area contributed by atoms with Gasteiger partial charge in [-0.2, -0.15) is 0 Å². The summed E-state index contributed by atoms with van der Waals surface area (Å²) in [6.45, 7) is 4.14. The molecule has 0 spiro atoms. The highest BCUT2D eigenvalue weighted by molar-refractivity contribution is 5.99. The van der Waals surface area contributed by atoms with Crippen LogP contribution in [0.15, 0.2) is 72.9 Å². The molecule has 0 aliphatic rings. The van der Waals surface area contributed by atoms with Crippen molar-refractivity contribution in [2.45, 2.75) is 38.8 Å². The van der Waals surface area contributed by atoms with Gasteiger partial charge in [0.05, 0.1) is 6.10 Å². The monoisotopic (exact) mass is 431 g/mol. The molecule has 2 atom stereocenters. The van der Waals surface area contributed by atoms with Gasteiger partial charge in [0.1, 0.15) is 5.69 Å². The first-order chi connectivity index (χ1) is 15.5. The molecule has 0 saturated carbocycles. The Labute approximate surface area is 188 Å². The summed E-state index contributed by atoms with van der Waals surface area (Å²) in [7, 11) is 0. The Kier molecular flexibility index (Phi) is 8.11. The Morgan fingerprint density at radius 3 is 2.34 bits per heavy atom. The van der Waals surface area contributed by atoms with Crippen LogP contribution in [0.1, 0.15) is 47.8 Å². The number of nitrogens with zero attached hydrogens (tertiary/aromatic N) is 1. The van der Waals surface area contributed by atoms with E-state index in [9.17, 15) is 14.7 Å². The van der Waals surface area contributed by atoms with Gasteiger partial charge in [0.15, 0.2) is 0 Å². The number of nitrogens with one attached hydrogen (secondary N) is 2. The van der Waals surface area contributed by atoms with Gasteiger partial charge in [-0.25, -0.2) is 0 Å². The number of benzene rings is 2. The van der Waals surface area contributed by atoms with E-state index in [-0.39, 0.29) is 30.0 Å². The summed E-state index contributed by atoms with van der Waals surface area (Å²) in [5, 5.41) is 15.2. The van der Waals surface area contributed by atoms with Crippen LogP contribution in [-0.4, -0.2) is 34.6 Å². The minimum atomic E-state index is -0.646. The van der Waals surface area contributed by atoms with Crippen LogP contribution in [0.4, 0.5) is 0 Å². The Hall–Kier alpha value is -3.51. The highest BCUT2D eigenvalue weighted by Gasteiger charge is 2.17. The van der Waals surface area contributed by atoms with Crippen molar-refractivity contribution in [1.82, 2.24) is 15.6 Å². The van der Waals surface area contributed by atoms with E-state index in [2.05, 4.69) is 15.6 Å². The fraction of sp³-hybridized carbons (Fsp3) is 0.269. The molecule has 0 aliphatic heterocycles. The molecule has 0 unspecified atom stereocenters. The first kappa shape index (κ1) is 23.2. The highest BCUT2D eigenvalue weighted by Crippen LogP contribution is 2.26. The van der Waals surface area contributed by atoms with E-state index in [4.69, 9.17) is 0 Å². The van der Waals surface area contributed by atoms with Crippen molar-refractivity contribution < 1.29 is 14.7 Å². The van der Waals surface area contributed by atoms with Gasteiger partial charge >= 0.3 is 0 Å². The fourth-order valence-corrected chi connectivity index (χ4v) is 3.51. The average Bonchev–Trinajstić information content (AvgIpc) is 2.82. The predicted octanol–water partition coefficient (Wildman–Crippen LogP) is 3.67. The van der Waals surface area contributed by atoms with Crippen LogP contribution in [0.5, 0.6) is 0 Å². The SMILES string of the molecule is C[C@H](CC(=O)NCc1ccccc1-c1cccnc1C(=O)NC[C@@H](C)O)c1ccccc1. The Bertz CT molecular complexity index is 1050. The maximum absolute atomic E-state index is 12.6. The van der Waals surface area contributed by atoms with Gasteiger partial charge in [-0.1, -0.05) is 67.6 Å². The Morgan fingerprint density at radius 2 is 1.59 bits per heavy atom. The maximum atomic E-state index is 12.6. The summed E-state index contributed by atoms with van der Waals surface area (Å²) in [4.78, 5) is 29.4. The number of pyridine rings is 1. The summed E-state index contributed by atoms with van der Waals surface area (Å²) < 4.78 is 0. The van der Waals surface area contributed by atoms with Crippen LogP contribution in [0.2, 0.25) is 0 Å². The van der Waals surface area contributed by atoms with Crippen molar-refractivity contribution in [2.75, 3.05) is 6.54 Å². The standard InChI is InChI=1S/C26H29N3O3/c1-18(20-9-4-3-5-10-20)15-24(31)28-17-21-11-6-7-12-22(21)23-13-8-14-27-25(23)26(32)29-16-19(2)30/h3-14,18-19,30H,15-17H2,1-2H3,(H,28,31)(H,29,32)/t18-,19-/m1/s1. The van der Waals surface area contributed by atoms with Crippen LogP contribution in [0, 0.1) is 0 Å². The van der Waals surface area contributed by atoms with Gasteiger partial charge in [0, 0.05) is 31.3 Å². The Morgan fingerprint density at radius 1 is 0.906 bits per heavy atom. The molecule has 0 aliphatic carbocycles. The molecule has 2 amide bonds. The second-order valence-corrected chi connectivity index (χ2v) is 7.91. The zero-order valence-electron chi connectivity index (χ0n) is 18.4. The molecule has 6 nitrogen and oxygen atoms in total. The number of carbonyl (C=O) groups is 2. The van der Waals surface area contributed by atoms with Crippen LogP contribution < -0.4 is 10.6 Å². The van der Waals surface area contributed by atoms with Crippen molar-refractivity contribution in [3.8, 4) is 11.1 Å². The molecule has 0 fully saturated rings. The van der Waals surface area contributed by atoms with Gasteiger partial charge < -0.3 is 15.7 Å². The van der Waals surface area contributed by atoms with Gasteiger partial charge in [-0.05, 0) is 35.6 Å². The van der Waals surface area contributed by atoms with E-state index in [1.54, 1.807) is 19.2 Å². The lowest BCUT2D eigenvalue weighted by atomic mass is 9.96. The molecule has 6 heteroatoms. The third-order valence-electron chi connectivity index (χ3n) is 5.22. The minimum absolute atomic E-state index is 0.0303. The number of aliphatic hydroxyl groups excluding tert-OH is 1. The van der Waals surface area contributed by atoms with Gasteiger partial charge in [0.2, 0.25) is 5.91 Å². The molecule has 1 heterocycles. The van der Waals surface area contributed by atoms with E-state index in [0.29, 0.717) is 18.5 Å². The van der Waals surface area contributed by atoms with Crippen molar-refractivity contribution in [3.05, 3.63) is 89.7 Å². The largest absolute Gasteiger partial charge is 0.392 e. The third-order valence-corrected chi connectivity index (χ3v) is 5.22. The van der Waals surface area contributed by atoms with Gasteiger partial charge in [0.25, 0.3) is 5.91 Å². The molecule has 2 aromatic carbocycles. The van der Waals surface area contributed by atoms with Crippen molar-refractivity contribution >= 4 is 11.8 Å². The summed E-state index contributed by atoms with van der Waals surface area (Å²) in [6, 6.07) is 21.2. The van der Waals surface area contributed by atoms with Gasteiger partial charge in [-0.15, -0.1) is 0 Å². The molecule has 0 bridgehead atoms. The number of carbonyl (C=O) groups excluding carboxylic acids is 2. The fourth-order valence-electron chi connectivity index (χ4n) is 3.51. The van der Waals surface area contributed by atoms with E-state index in [1.807, 2.05) is 67.6 Å². The lowest BCUT2D eigenvalue weighted by Crippen LogP contribution is -2.31. The first-order valence-electron chi connectivity index (χ1n) is 10.8. The number of aliphatic hydroxyl groups is 1. The number of aromatic nitrogens is 1. The quantitative estimate of drug-likeness (QED) is 0.482. The third kappa shape index (κ3) is 6.25. The lowest BCUT2D eigenvalue weighted by molar-refractivity contribution is -0.121. The van der Waals surface area contributed by atoms with E-state index >= 15 is 0 Å². The topological polar surface area (TPSA) is 91.3 Å². The molecule has 32 heavy (non-hydrogen) atoms. The summed E-state index contributed by atoms with van der Waals surface area (Å²) in [5.41, 5.74) is 3.82. The minimum Gasteiger partial charge on any atom is -0.392 e. The van der Waals surface area contributed by atoms with Gasteiger partial charge in [-0.3, -0.25) is 14.6 Å². The molecule has 3 N–H and O–H groups in total. The second kappa shape index (κ2) is 11.2. The molecule has 3 rings (SSSR count). The summed E-state index contributed by atoms with van der Waals surface area (Å²) >= 11 is 0. The van der Waals surface area contributed by atoms with E-state index in [1.165, 1.54) is 0 Å². The van der Waals surface area contributed by atoms with E-state index < -0.39 is 6.10 Å². The molecule has 0 radical (unpaired) electrons. The lowest BCUT2D eigenvalue weighted by Gasteiger charge is -2.15. The average molecular weight is 432 g/mol. The molecule has 1 aromatic heterocycles. The summed E-state index contributed by atoms with van der Waals surface area (Å²) in [5.74, 6) is -0.261. The van der Waals surface area contributed by atoms with Crippen molar-refractivity contribution in [1.29, 1.82) is 0 Å². The number of rotatable bonds is 9. The van der Waals surface area contributed by atoms with Crippen LogP contribution in [-0.2, 0) is 11.3 Å². The number of hydrogen-bond donors (Lipinski definition) is 3. The molecule has 166 valence electrons. The van der Waals surface area contributed by atoms with Crippen molar-refractivity contribution in [3.63, 3.8) is 0 Å². The summed E-state index contributed by atoms with van der Waals surface area (Å²) in [6.07, 6.45) is 1.31. The number of hydrogen-bond acceptors (Lipinski definition) is 4. The molecule has 0 saturated heterocycles. The number of amides is 2. The zero-order chi connectivity index (χ0) is 22.9. The Balaban J connectivity index is 1.73. The first-order valence-corrected chi connectivity index (χ1v) is 10.8. The molecule has 3 aromatic rings. The molecular formula is C26H29N3O3. The van der Waals surface area contributed by atoms with Crippen LogP contribution in [0.25, 0.3) is 11.1 Å². The van der Waals surface area contributed by atoms with Crippen LogP contribution >= 0.6 is 0 Å². The predicted molar refractivity (Wildman–Crippen MR) is 125 cm³/mol. The highest BCUT2D eigenvalue weighted by atomic mass is 16.3. The van der Waals surface area contributed by atoms with Crippen molar-refractivity contribution in [2.24, 2.45) is 0 Å². The van der Waals surface area contributed by atoms with Crippen LogP contribution in [0.3, 0.4) is 0 Å². The smallest absolute Gasteiger partial charge is 0.270 e.